The summed E-state index contributed by atoms with van der Waals surface area (Å²) >= 11 is 0. The molecule has 0 aromatic rings. The van der Waals surface area contributed by atoms with Gasteiger partial charge in [0, 0.05) is 0 Å². The van der Waals surface area contributed by atoms with Gasteiger partial charge in [0.25, 0.3) is 0 Å². The third-order valence-corrected chi connectivity index (χ3v) is 0. The topological polar surface area (TPSA) is 138 Å². The Morgan fingerprint density at radius 2 is 0.538 bits per heavy atom. The van der Waals surface area contributed by atoms with Gasteiger partial charge in [-0.15, -0.1) is 0 Å². The predicted molar refractivity (Wildman–Crippen MR) is 31.0 cm³/mol. The van der Waals surface area contributed by atoms with Crippen molar-refractivity contribution in [2.75, 3.05) is 0 Å². The SMILES string of the molecule is [Mg+2].[Mg+2].[Mg+2].[O-][Si]([O-])([O-])F.[O-][Si]([O-])([O-])F. The van der Waals surface area contributed by atoms with Crippen LogP contribution in [0.3, 0.4) is 0 Å². The van der Waals surface area contributed by atoms with Crippen molar-refractivity contribution in [2.45, 2.75) is 0 Å². The zero-order valence-electron chi connectivity index (χ0n) is 6.33. The van der Waals surface area contributed by atoms with E-state index in [-0.39, 0.29) is 69.2 Å². The van der Waals surface area contributed by atoms with E-state index in [2.05, 4.69) is 0 Å². The zero-order chi connectivity index (χ0) is 9.00. The summed E-state index contributed by atoms with van der Waals surface area (Å²) < 4.78 is 20.3. The van der Waals surface area contributed by atoms with Gasteiger partial charge in [-0.05, 0) is 0 Å². The summed E-state index contributed by atoms with van der Waals surface area (Å²) in [6, 6.07) is 0. The van der Waals surface area contributed by atoms with E-state index >= 15 is 0 Å². The first-order valence-electron chi connectivity index (χ1n) is 1.60. The van der Waals surface area contributed by atoms with Crippen molar-refractivity contribution in [3.63, 3.8) is 0 Å². The van der Waals surface area contributed by atoms with Gasteiger partial charge in [-0.1, -0.05) is 18.3 Å². The number of rotatable bonds is 0. The van der Waals surface area contributed by atoms with Crippen LogP contribution in [0.2, 0.25) is 0 Å². The second kappa shape index (κ2) is 12.4. The van der Waals surface area contributed by atoms with E-state index in [1.54, 1.807) is 0 Å². The van der Waals surface area contributed by atoms with Crippen LogP contribution in [0.4, 0.5) is 8.22 Å². The molecule has 0 saturated heterocycles. The van der Waals surface area contributed by atoms with E-state index in [4.69, 9.17) is 28.8 Å². The molecular formula is F2Mg3O6Si2. The summed E-state index contributed by atoms with van der Waals surface area (Å²) in [6.07, 6.45) is 0. The molecule has 13 heteroatoms. The Labute approximate surface area is 123 Å². The maximum Gasteiger partial charge on any atom is 2.00 e. The summed E-state index contributed by atoms with van der Waals surface area (Å²) in [5.41, 5.74) is 0. The maximum absolute atomic E-state index is 10.2. The molecule has 0 amide bonds. The van der Waals surface area contributed by atoms with Crippen LogP contribution in [0, 0.1) is 0 Å². The van der Waals surface area contributed by atoms with Crippen LogP contribution in [0.5, 0.6) is 0 Å². The van der Waals surface area contributed by atoms with E-state index in [0.29, 0.717) is 0 Å². The first-order chi connectivity index (χ1) is 4.00. The summed E-state index contributed by atoms with van der Waals surface area (Å²) in [5.74, 6) is 0. The quantitative estimate of drug-likeness (QED) is 0.314. The van der Waals surface area contributed by atoms with Gasteiger partial charge in [-0.2, -0.15) is 0 Å². The Bertz CT molecular complexity index is 66.9. The molecule has 64 valence electrons. The molecule has 0 N–H and O–H groups in total. The van der Waals surface area contributed by atoms with Crippen molar-refractivity contribution in [1.29, 1.82) is 0 Å². The Kier molecular flexibility index (Phi) is 28.2. The molecule has 0 aromatic carbocycles. The molecule has 0 unspecified atom stereocenters. The number of halogens is 2. The summed E-state index contributed by atoms with van der Waals surface area (Å²) in [5, 5.41) is 0. The van der Waals surface area contributed by atoms with Crippen LogP contribution in [0.1, 0.15) is 0 Å². The van der Waals surface area contributed by atoms with E-state index in [9.17, 15) is 8.22 Å². The molecule has 0 aliphatic rings. The molecular weight excluding hydrogens is 263 g/mol. The summed E-state index contributed by atoms with van der Waals surface area (Å²) in [6.45, 7) is 0. The zero-order valence-corrected chi connectivity index (χ0v) is 12.6. The molecule has 0 aromatic heterocycles. The van der Waals surface area contributed by atoms with Crippen LogP contribution in [-0.4, -0.2) is 87.4 Å². The van der Waals surface area contributed by atoms with Gasteiger partial charge in [-0.25, -0.2) is 0 Å². The summed E-state index contributed by atoms with van der Waals surface area (Å²) in [4.78, 5) is 50.8. The molecule has 0 atom stereocenters. The van der Waals surface area contributed by atoms with Crippen LogP contribution in [-0.2, 0) is 0 Å². The van der Waals surface area contributed by atoms with E-state index in [1.165, 1.54) is 0 Å². The number of hydrogen-bond donors (Lipinski definition) is 0. The second-order valence-electron chi connectivity index (χ2n) is 0.963. The van der Waals surface area contributed by atoms with Gasteiger partial charge >= 0.3 is 69.2 Å². The Morgan fingerprint density at radius 1 is 0.538 bits per heavy atom. The van der Waals surface area contributed by atoms with Crippen LogP contribution in [0.25, 0.3) is 0 Å². The predicted octanol–water partition coefficient (Wildman–Crippen LogP) is -8.20. The van der Waals surface area contributed by atoms with Crippen molar-refractivity contribution < 1.29 is 37.0 Å². The Balaban J connectivity index is -0.0000000267. The average molecular weight is 263 g/mol. The van der Waals surface area contributed by atoms with Gasteiger partial charge in [0.1, 0.15) is 0 Å². The molecule has 0 bridgehead atoms. The summed E-state index contributed by atoms with van der Waals surface area (Å²) in [7, 11) is -11.7. The van der Waals surface area contributed by atoms with Crippen LogP contribution in [0.15, 0.2) is 0 Å². The van der Waals surface area contributed by atoms with Gasteiger partial charge in [-0.3, -0.25) is 0 Å². The third-order valence-electron chi connectivity index (χ3n) is 0. The van der Waals surface area contributed by atoms with Gasteiger partial charge < -0.3 is 37.0 Å². The Hall–Kier alpha value is 2.35. The molecule has 0 fully saturated rings. The van der Waals surface area contributed by atoms with Crippen molar-refractivity contribution in [1.82, 2.24) is 0 Å². The van der Waals surface area contributed by atoms with Crippen molar-refractivity contribution in [3.05, 3.63) is 0 Å². The fraction of sp³-hybridized carbons (Fsp3) is 0. The molecule has 0 aliphatic heterocycles. The first kappa shape index (κ1) is 29.5. The molecule has 0 saturated carbocycles. The van der Waals surface area contributed by atoms with Gasteiger partial charge in [0.2, 0.25) is 0 Å². The van der Waals surface area contributed by atoms with Crippen LogP contribution < -0.4 is 28.8 Å². The molecule has 0 radical (unpaired) electrons. The van der Waals surface area contributed by atoms with Gasteiger partial charge in [0.15, 0.2) is 0 Å². The third kappa shape index (κ3) is 396. The van der Waals surface area contributed by atoms with Crippen molar-refractivity contribution in [3.8, 4) is 0 Å². The van der Waals surface area contributed by atoms with E-state index in [0.717, 1.165) is 0 Å². The van der Waals surface area contributed by atoms with E-state index in [1.807, 2.05) is 0 Å². The fourth-order valence-corrected chi connectivity index (χ4v) is 0. The van der Waals surface area contributed by atoms with Crippen molar-refractivity contribution in [2.24, 2.45) is 0 Å². The number of hydrogen-bond acceptors (Lipinski definition) is 6. The first-order valence-corrected chi connectivity index (χ1v) is 4.81. The minimum absolute atomic E-state index is 0. The monoisotopic (exact) mass is 262 g/mol. The minimum Gasteiger partial charge on any atom is -0.857 e. The molecule has 13 heavy (non-hydrogen) atoms. The van der Waals surface area contributed by atoms with E-state index < -0.39 is 18.3 Å². The second-order valence-corrected chi connectivity index (χ2v) is 2.89. The largest absolute Gasteiger partial charge is 2.00 e. The Morgan fingerprint density at radius 3 is 0.538 bits per heavy atom. The normalized spacial score (nSPS) is 9.23. The fourth-order valence-electron chi connectivity index (χ4n) is 0. The average Bonchev–Trinajstić information content (AvgIpc) is 1.12. The molecule has 0 heterocycles. The van der Waals surface area contributed by atoms with Crippen LogP contribution >= 0.6 is 0 Å². The molecule has 0 rings (SSSR count). The maximum atomic E-state index is 10.2. The molecule has 0 aliphatic carbocycles. The standard InChI is InChI=1S/2FO3Si.3Mg/c2*1-5(2,3)4;;;/q2*-3;3*+2. The minimum atomic E-state index is -5.86. The molecule has 6 nitrogen and oxygen atoms in total. The smallest absolute Gasteiger partial charge is 0.857 e. The van der Waals surface area contributed by atoms with Crippen molar-refractivity contribution >= 4 is 87.4 Å². The van der Waals surface area contributed by atoms with Gasteiger partial charge in [0.05, 0.1) is 0 Å². The molecule has 0 spiro atoms.